The van der Waals surface area contributed by atoms with Gasteiger partial charge in [0.25, 0.3) is 0 Å². The second kappa shape index (κ2) is 4.84. The highest BCUT2D eigenvalue weighted by Crippen LogP contribution is 2.41. The van der Waals surface area contributed by atoms with Crippen molar-refractivity contribution in [2.75, 3.05) is 7.11 Å². The Kier molecular flexibility index (Phi) is 3.12. The largest absolute Gasteiger partial charge is 0.497 e. The van der Waals surface area contributed by atoms with Gasteiger partial charge >= 0.3 is 6.18 Å². The van der Waals surface area contributed by atoms with E-state index in [0.29, 0.717) is 22.2 Å². The predicted octanol–water partition coefficient (Wildman–Crippen LogP) is 4.86. The minimum absolute atomic E-state index is 0.167. The van der Waals surface area contributed by atoms with Gasteiger partial charge in [-0.3, -0.25) is 0 Å². The van der Waals surface area contributed by atoms with Gasteiger partial charge in [-0.15, -0.1) is 0 Å². The van der Waals surface area contributed by atoms with E-state index >= 15 is 0 Å². The van der Waals surface area contributed by atoms with Crippen LogP contribution in [0.1, 0.15) is 5.69 Å². The third kappa shape index (κ3) is 2.35. The van der Waals surface area contributed by atoms with Crippen molar-refractivity contribution in [3.05, 3.63) is 54.2 Å². The van der Waals surface area contributed by atoms with Crippen LogP contribution >= 0.6 is 0 Å². The van der Waals surface area contributed by atoms with Crippen molar-refractivity contribution < 1.29 is 17.9 Å². The standard InChI is InChI=1S/C16H12F3NO/c1-21-11-7-8-12-13(9-11)20-15(16(17,18)19)14(12)10-5-3-2-4-6-10/h2-9,20H,1H3. The van der Waals surface area contributed by atoms with Crippen LogP contribution in [0.2, 0.25) is 0 Å². The summed E-state index contributed by atoms with van der Waals surface area (Å²) in [5.41, 5.74) is 0.361. The molecule has 0 saturated carbocycles. The van der Waals surface area contributed by atoms with Crippen LogP contribution < -0.4 is 4.74 Å². The second-order valence-corrected chi connectivity index (χ2v) is 4.65. The van der Waals surface area contributed by atoms with Crippen molar-refractivity contribution >= 4 is 10.9 Å². The number of hydrogen-bond donors (Lipinski definition) is 1. The first kappa shape index (κ1) is 13.5. The minimum atomic E-state index is -4.45. The fourth-order valence-corrected chi connectivity index (χ4v) is 2.42. The van der Waals surface area contributed by atoms with Crippen LogP contribution in [0, 0.1) is 0 Å². The third-order valence-electron chi connectivity index (χ3n) is 3.35. The molecule has 3 rings (SSSR count). The summed E-state index contributed by atoms with van der Waals surface area (Å²) >= 11 is 0. The molecule has 0 fully saturated rings. The van der Waals surface area contributed by atoms with Gasteiger partial charge in [0, 0.05) is 17.0 Å². The molecular weight excluding hydrogens is 279 g/mol. The molecule has 0 radical (unpaired) electrons. The Morgan fingerprint density at radius 2 is 1.71 bits per heavy atom. The molecule has 0 aliphatic heterocycles. The lowest BCUT2D eigenvalue weighted by Crippen LogP contribution is -2.07. The molecule has 0 atom stereocenters. The molecule has 5 heteroatoms. The minimum Gasteiger partial charge on any atom is -0.497 e. The van der Waals surface area contributed by atoms with Crippen molar-refractivity contribution in [3.8, 4) is 16.9 Å². The number of halogens is 3. The average Bonchev–Trinajstić information content (AvgIpc) is 2.86. The van der Waals surface area contributed by atoms with Crippen molar-refractivity contribution in [1.82, 2.24) is 4.98 Å². The van der Waals surface area contributed by atoms with Gasteiger partial charge in [0.2, 0.25) is 0 Å². The zero-order valence-electron chi connectivity index (χ0n) is 11.2. The third-order valence-corrected chi connectivity index (χ3v) is 3.35. The molecule has 108 valence electrons. The fraction of sp³-hybridized carbons (Fsp3) is 0.125. The molecule has 2 nitrogen and oxygen atoms in total. The van der Waals surface area contributed by atoms with E-state index in [1.54, 1.807) is 48.5 Å². The molecule has 21 heavy (non-hydrogen) atoms. The topological polar surface area (TPSA) is 25.0 Å². The van der Waals surface area contributed by atoms with E-state index in [9.17, 15) is 13.2 Å². The lowest BCUT2D eigenvalue weighted by atomic mass is 10.0. The first-order valence-electron chi connectivity index (χ1n) is 6.33. The SMILES string of the molecule is COc1ccc2c(-c3ccccc3)c(C(F)(F)F)[nH]c2c1. The Morgan fingerprint density at radius 3 is 2.33 bits per heavy atom. The van der Waals surface area contributed by atoms with Crippen LogP contribution in [0.25, 0.3) is 22.0 Å². The summed E-state index contributed by atoms with van der Waals surface area (Å²) in [7, 11) is 1.48. The van der Waals surface area contributed by atoms with E-state index in [2.05, 4.69) is 4.98 Å². The Morgan fingerprint density at radius 1 is 1.00 bits per heavy atom. The van der Waals surface area contributed by atoms with Crippen molar-refractivity contribution in [1.29, 1.82) is 0 Å². The van der Waals surface area contributed by atoms with E-state index in [1.807, 2.05) is 0 Å². The maximum absolute atomic E-state index is 13.3. The molecule has 1 aromatic heterocycles. The molecule has 2 aromatic carbocycles. The van der Waals surface area contributed by atoms with E-state index in [-0.39, 0.29) is 5.56 Å². The van der Waals surface area contributed by atoms with Crippen molar-refractivity contribution in [3.63, 3.8) is 0 Å². The number of rotatable bonds is 2. The lowest BCUT2D eigenvalue weighted by Gasteiger charge is -2.08. The highest BCUT2D eigenvalue weighted by atomic mass is 19.4. The van der Waals surface area contributed by atoms with Gasteiger partial charge in [0.1, 0.15) is 11.4 Å². The molecule has 1 N–H and O–H groups in total. The number of hydrogen-bond acceptors (Lipinski definition) is 1. The Hall–Kier alpha value is -2.43. The number of aromatic amines is 1. The second-order valence-electron chi connectivity index (χ2n) is 4.65. The monoisotopic (exact) mass is 291 g/mol. The molecule has 3 aromatic rings. The molecule has 0 bridgehead atoms. The number of ether oxygens (including phenoxy) is 1. The van der Waals surface area contributed by atoms with Crippen LogP contribution in [0.5, 0.6) is 5.75 Å². The summed E-state index contributed by atoms with van der Waals surface area (Å²) in [5, 5.41) is 0.523. The maximum Gasteiger partial charge on any atom is 0.431 e. The summed E-state index contributed by atoms with van der Waals surface area (Å²) < 4.78 is 44.9. The predicted molar refractivity (Wildman–Crippen MR) is 75.3 cm³/mol. The average molecular weight is 291 g/mol. The quantitative estimate of drug-likeness (QED) is 0.716. The van der Waals surface area contributed by atoms with E-state index < -0.39 is 11.9 Å². The normalized spacial score (nSPS) is 11.8. The van der Waals surface area contributed by atoms with Crippen molar-refractivity contribution in [2.45, 2.75) is 6.18 Å². The summed E-state index contributed by atoms with van der Waals surface area (Å²) in [6.07, 6.45) is -4.45. The zero-order valence-corrected chi connectivity index (χ0v) is 11.2. The van der Waals surface area contributed by atoms with Gasteiger partial charge in [-0.2, -0.15) is 13.2 Å². The Balaban J connectivity index is 2.34. The Labute approximate surface area is 119 Å². The molecule has 0 saturated heterocycles. The molecule has 0 aliphatic carbocycles. The summed E-state index contributed by atoms with van der Waals surface area (Å²) in [6.45, 7) is 0. The maximum atomic E-state index is 13.3. The van der Waals surface area contributed by atoms with Gasteiger partial charge < -0.3 is 9.72 Å². The fourth-order valence-electron chi connectivity index (χ4n) is 2.42. The van der Waals surface area contributed by atoms with E-state index in [4.69, 9.17) is 4.74 Å². The zero-order chi connectivity index (χ0) is 15.0. The van der Waals surface area contributed by atoms with Crippen molar-refractivity contribution in [2.24, 2.45) is 0 Å². The van der Waals surface area contributed by atoms with E-state index in [1.165, 1.54) is 7.11 Å². The van der Waals surface area contributed by atoms with Crippen LogP contribution in [0.3, 0.4) is 0 Å². The van der Waals surface area contributed by atoms with Gasteiger partial charge in [-0.1, -0.05) is 30.3 Å². The van der Waals surface area contributed by atoms with Gasteiger partial charge in [-0.05, 0) is 17.7 Å². The highest BCUT2D eigenvalue weighted by Gasteiger charge is 2.36. The lowest BCUT2D eigenvalue weighted by molar-refractivity contribution is -0.140. The van der Waals surface area contributed by atoms with Crippen LogP contribution in [-0.4, -0.2) is 12.1 Å². The first-order chi connectivity index (χ1) is 10.0. The number of benzene rings is 2. The van der Waals surface area contributed by atoms with Crippen LogP contribution in [0.4, 0.5) is 13.2 Å². The molecular formula is C16H12F3NO. The smallest absolute Gasteiger partial charge is 0.431 e. The Bertz CT molecular complexity index is 775. The van der Waals surface area contributed by atoms with Gasteiger partial charge in [0.15, 0.2) is 0 Å². The van der Waals surface area contributed by atoms with Gasteiger partial charge in [-0.25, -0.2) is 0 Å². The molecule has 1 heterocycles. The molecule has 0 aliphatic rings. The number of alkyl halides is 3. The highest BCUT2D eigenvalue weighted by molar-refractivity contribution is 5.98. The molecule has 0 amide bonds. The number of H-pyrrole nitrogens is 1. The number of aromatic nitrogens is 1. The summed E-state index contributed by atoms with van der Waals surface area (Å²) in [4.78, 5) is 2.47. The summed E-state index contributed by atoms with van der Waals surface area (Å²) in [6, 6.07) is 13.4. The number of nitrogens with one attached hydrogen (secondary N) is 1. The van der Waals surface area contributed by atoms with E-state index in [0.717, 1.165) is 0 Å². The van der Waals surface area contributed by atoms with Crippen LogP contribution in [-0.2, 0) is 6.18 Å². The number of fused-ring (bicyclic) bond motifs is 1. The molecule has 0 spiro atoms. The number of methoxy groups -OCH3 is 1. The molecule has 0 unspecified atom stereocenters. The first-order valence-corrected chi connectivity index (χ1v) is 6.33. The summed E-state index contributed by atoms with van der Waals surface area (Å²) in [5.74, 6) is 0.511. The van der Waals surface area contributed by atoms with Crippen LogP contribution in [0.15, 0.2) is 48.5 Å². The van der Waals surface area contributed by atoms with Gasteiger partial charge in [0.05, 0.1) is 12.6 Å².